The minimum Gasteiger partial charge on any atom is -0.361 e. The molecule has 2 aromatic carbocycles. The van der Waals surface area contributed by atoms with Crippen LogP contribution < -0.4 is 10.2 Å². The van der Waals surface area contributed by atoms with Gasteiger partial charge in [0.05, 0.1) is 24.5 Å². The van der Waals surface area contributed by atoms with Crippen molar-refractivity contribution in [2.45, 2.75) is 18.1 Å². The van der Waals surface area contributed by atoms with Gasteiger partial charge in [-0.25, -0.2) is 0 Å². The van der Waals surface area contributed by atoms with Crippen LogP contribution in [-0.4, -0.2) is 41.6 Å². The highest BCUT2D eigenvalue weighted by molar-refractivity contribution is 6.30. The fourth-order valence-corrected chi connectivity index (χ4v) is 5.54. The van der Waals surface area contributed by atoms with Crippen molar-refractivity contribution in [2.24, 2.45) is 11.8 Å². The largest absolute Gasteiger partial charge is 0.361 e. The number of aromatic nitrogens is 1. The number of hydrogen-bond acceptors (Lipinski definition) is 3. The van der Waals surface area contributed by atoms with Crippen LogP contribution in [0.15, 0.2) is 66.9 Å². The lowest BCUT2D eigenvalue weighted by Gasteiger charge is -2.23. The first-order chi connectivity index (χ1) is 15.6. The van der Waals surface area contributed by atoms with Gasteiger partial charge in [0.25, 0.3) is 0 Å². The Morgan fingerprint density at radius 3 is 2.88 bits per heavy atom. The van der Waals surface area contributed by atoms with E-state index in [1.54, 1.807) is 17.0 Å². The third-order valence-corrected chi connectivity index (χ3v) is 7.16. The van der Waals surface area contributed by atoms with Crippen molar-refractivity contribution in [3.05, 3.63) is 77.5 Å². The molecule has 6 nitrogen and oxygen atoms in total. The smallest absolute Gasteiger partial charge is 0.234 e. The number of benzene rings is 2. The van der Waals surface area contributed by atoms with E-state index in [1.165, 1.54) is 0 Å². The number of anilines is 1. The lowest BCUT2D eigenvalue weighted by Crippen LogP contribution is -2.44. The van der Waals surface area contributed by atoms with Crippen LogP contribution in [0, 0.1) is 11.8 Å². The van der Waals surface area contributed by atoms with Gasteiger partial charge in [-0.05, 0) is 42.3 Å². The molecule has 7 heteroatoms. The van der Waals surface area contributed by atoms with Crippen molar-refractivity contribution < 1.29 is 14.3 Å². The molecule has 4 atom stereocenters. The van der Waals surface area contributed by atoms with E-state index in [2.05, 4.69) is 16.4 Å². The van der Waals surface area contributed by atoms with Crippen molar-refractivity contribution in [2.75, 3.05) is 18.0 Å². The molecule has 0 aliphatic carbocycles. The second-order valence-corrected chi connectivity index (χ2v) is 9.14. The van der Waals surface area contributed by atoms with Gasteiger partial charge in [-0.3, -0.25) is 9.59 Å². The highest BCUT2D eigenvalue weighted by Crippen LogP contribution is 2.52. The number of aromatic amines is 1. The maximum atomic E-state index is 13.4. The first-order valence-electron chi connectivity index (χ1n) is 10.8. The topological polar surface area (TPSA) is 74.4 Å². The summed E-state index contributed by atoms with van der Waals surface area (Å²) in [5.41, 5.74) is 2.27. The highest BCUT2D eigenvalue weighted by Gasteiger charge is 2.67. The third-order valence-electron chi connectivity index (χ3n) is 6.91. The molecule has 6 rings (SSSR count). The molecule has 1 spiro atoms. The number of nitrogens with zero attached hydrogens (tertiary/aromatic N) is 1. The van der Waals surface area contributed by atoms with E-state index < -0.39 is 17.4 Å². The quantitative estimate of drug-likeness (QED) is 0.588. The van der Waals surface area contributed by atoms with Crippen molar-refractivity contribution in [1.29, 1.82) is 0 Å². The zero-order chi connectivity index (χ0) is 21.9. The summed E-state index contributed by atoms with van der Waals surface area (Å²) in [6, 6.07) is 15.3. The minimum absolute atomic E-state index is 0.0732. The van der Waals surface area contributed by atoms with Gasteiger partial charge in [-0.1, -0.05) is 42.0 Å². The van der Waals surface area contributed by atoms with Gasteiger partial charge in [0.1, 0.15) is 5.60 Å². The predicted molar refractivity (Wildman–Crippen MR) is 123 cm³/mol. The second-order valence-electron chi connectivity index (χ2n) is 8.70. The summed E-state index contributed by atoms with van der Waals surface area (Å²) < 4.78 is 6.21. The molecule has 1 aromatic heterocycles. The van der Waals surface area contributed by atoms with E-state index in [0.29, 0.717) is 24.5 Å². The molecule has 2 bridgehead atoms. The Morgan fingerprint density at radius 1 is 1.22 bits per heavy atom. The SMILES string of the molecule is O=C(NCCc1c[nH]c2ccccc12)C1C2C=CC3(CN(c4ccc(Cl)cc4)C(=O)C13)O2. The minimum atomic E-state index is -0.736. The summed E-state index contributed by atoms with van der Waals surface area (Å²) in [4.78, 5) is 31.5. The molecule has 2 amide bonds. The lowest BCUT2D eigenvalue weighted by atomic mass is 9.77. The number of carbonyl (C=O) groups is 2. The Balaban J connectivity index is 1.18. The Bertz CT molecular complexity index is 1250. The van der Waals surface area contributed by atoms with E-state index >= 15 is 0 Å². The summed E-state index contributed by atoms with van der Waals surface area (Å²) in [6.45, 7) is 0.909. The standard InChI is InChI=1S/C25H22ClN3O3/c26-16-5-7-17(8-6-16)29-14-25-11-9-20(32-25)21(22(25)24(29)31)23(30)27-12-10-15-13-28-19-4-2-1-3-18(15)19/h1-9,11,13,20-22,28H,10,12,14H2,(H,27,30). The first kappa shape index (κ1) is 19.6. The molecular weight excluding hydrogens is 426 g/mol. The molecule has 3 aliphatic heterocycles. The van der Waals surface area contributed by atoms with Crippen LogP contribution in [0.3, 0.4) is 0 Å². The van der Waals surface area contributed by atoms with Gasteiger partial charge in [0.2, 0.25) is 11.8 Å². The van der Waals surface area contributed by atoms with Gasteiger partial charge in [0.15, 0.2) is 0 Å². The Labute approximate surface area is 190 Å². The van der Waals surface area contributed by atoms with Gasteiger partial charge in [-0.15, -0.1) is 0 Å². The summed E-state index contributed by atoms with van der Waals surface area (Å²) in [7, 11) is 0. The Hall–Kier alpha value is -3.09. The number of H-pyrrole nitrogens is 1. The summed E-state index contributed by atoms with van der Waals surface area (Å²) in [5.74, 6) is -1.23. The first-order valence-corrected chi connectivity index (χ1v) is 11.2. The highest BCUT2D eigenvalue weighted by atomic mass is 35.5. The lowest BCUT2D eigenvalue weighted by molar-refractivity contribution is -0.131. The number of carbonyl (C=O) groups excluding carboxylic acids is 2. The van der Waals surface area contributed by atoms with Crippen LogP contribution in [0.5, 0.6) is 0 Å². The summed E-state index contributed by atoms with van der Waals surface area (Å²) in [6.07, 6.45) is 6.24. The summed E-state index contributed by atoms with van der Waals surface area (Å²) >= 11 is 6.00. The molecule has 3 aliphatic rings. The fourth-order valence-electron chi connectivity index (χ4n) is 5.41. The molecule has 2 fully saturated rings. The van der Waals surface area contributed by atoms with Crippen molar-refractivity contribution in [1.82, 2.24) is 10.3 Å². The second kappa shape index (κ2) is 7.22. The van der Waals surface area contributed by atoms with Gasteiger partial charge < -0.3 is 19.9 Å². The average molecular weight is 448 g/mol. The summed E-state index contributed by atoms with van der Waals surface area (Å²) in [5, 5.41) is 4.83. The normalized spacial score (nSPS) is 28.0. The number of halogens is 1. The van der Waals surface area contributed by atoms with Crippen LogP contribution in [-0.2, 0) is 20.7 Å². The third kappa shape index (κ3) is 2.90. The molecule has 2 N–H and O–H groups in total. The molecular formula is C25H22ClN3O3. The zero-order valence-corrected chi connectivity index (χ0v) is 18.0. The van der Waals surface area contributed by atoms with Gasteiger partial charge >= 0.3 is 0 Å². The molecule has 0 radical (unpaired) electrons. The number of rotatable bonds is 5. The zero-order valence-electron chi connectivity index (χ0n) is 17.3. The molecule has 3 aromatic rings. The van der Waals surface area contributed by atoms with E-state index in [9.17, 15) is 9.59 Å². The number of hydrogen-bond donors (Lipinski definition) is 2. The fraction of sp³-hybridized carbons (Fsp3) is 0.280. The molecule has 32 heavy (non-hydrogen) atoms. The van der Waals surface area contributed by atoms with Crippen LogP contribution in [0.2, 0.25) is 5.02 Å². The number of nitrogens with one attached hydrogen (secondary N) is 2. The van der Waals surface area contributed by atoms with Gasteiger partial charge in [-0.2, -0.15) is 0 Å². The molecule has 0 saturated carbocycles. The van der Waals surface area contributed by atoms with E-state index in [4.69, 9.17) is 16.3 Å². The Kier molecular flexibility index (Phi) is 4.42. The van der Waals surface area contributed by atoms with Crippen molar-refractivity contribution in [3.8, 4) is 0 Å². The monoisotopic (exact) mass is 447 g/mol. The number of amides is 2. The number of fused-ring (bicyclic) bond motifs is 2. The number of ether oxygens (including phenoxy) is 1. The maximum Gasteiger partial charge on any atom is 0.234 e. The maximum absolute atomic E-state index is 13.4. The predicted octanol–water partition coefficient (Wildman–Crippen LogP) is 3.47. The van der Waals surface area contributed by atoms with E-state index in [1.807, 2.05) is 48.7 Å². The van der Waals surface area contributed by atoms with E-state index in [0.717, 1.165) is 22.2 Å². The Morgan fingerprint density at radius 2 is 2.03 bits per heavy atom. The van der Waals surface area contributed by atoms with Crippen molar-refractivity contribution in [3.63, 3.8) is 0 Å². The van der Waals surface area contributed by atoms with Crippen LogP contribution in [0.4, 0.5) is 5.69 Å². The molecule has 162 valence electrons. The van der Waals surface area contributed by atoms with Crippen LogP contribution in [0.1, 0.15) is 5.56 Å². The molecule has 4 unspecified atom stereocenters. The van der Waals surface area contributed by atoms with Crippen LogP contribution in [0.25, 0.3) is 10.9 Å². The molecule has 4 heterocycles. The van der Waals surface area contributed by atoms with E-state index in [-0.39, 0.29) is 17.9 Å². The number of para-hydroxylation sites is 1. The van der Waals surface area contributed by atoms with Crippen molar-refractivity contribution >= 4 is 40.0 Å². The van der Waals surface area contributed by atoms with Crippen LogP contribution >= 0.6 is 11.6 Å². The average Bonchev–Trinajstić information content (AvgIpc) is 3.54. The van der Waals surface area contributed by atoms with Gasteiger partial charge in [0, 0.05) is 34.4 Å². The molecule has 2 saturated heterocycles.